The lowest BCUT2D eigenvalue weighted by atomic mass is 9.33. The number of carbonyl (C=O) groups excluding carboxylic acids is 3. The van der Waals surface area contributed by atoms with Crippen LogP contribution in [0.1, 0.15) is 99.8 Å². The molecule has 4 fully saturated rings. The van der Waals surface area contributed by atoms with Crippen LogP contribution in [0, 0.1) is 50.2 Å². The van der Waals surface area contributed by atoms with Crippen LogP contribution in [-0.4, -0.2) is 37.9 Å². The molecule has 5 aliphatic carbocycles. The molecule has 5 nitrogen and oxygen atoms in total. The highest BCUT2D eigenvalue weighted by molar-refractivity contribution is 5.97. The summed E-state index contributed by atoms with van der Waals surface area (Å²) in [7, 11) is 3.14. The highest BCUT2D eigenvalue weighted by Gasteiger charge is 2.71. The Labute approximate surface area is 223 Å². The number of Topliss-reactive ketones (excluding diaryl/α,β-unsaturated/α-hetero) is 1. The molecule has 0 radical (unpaired) electrons. The highest BCUT2D eigenvalue weighted by Crippen LogP contribution is 2.75. The van der Waals surface area contributed by atoms with Crippen molar-refractivity contribution in [1.82, 2.24) is 0 Å². The van der Waals surface area contributed by atoms with Gasteiger partial charge in [-0.05, 0) is 90.9 Å². The van der Waals surface area contributed by atoms with E-state index in [0.29, 0.717) is 6.42 Å². The molecule has 0 aromatic rings. The van der Waals surface area contributed by atoms with Crippen molar-refractivity contribution in [2.75, 3.05) is 14.2 Å². The predicted octanol–water partition coefficient (Wildman–Crippen LogP) is 6.33. The predicted molar refractivity (Wildman–Crippen MR) is 143 cm³/mol. The second-order valence-corrected chi connectivity index (χ2v) is 15.3. The van der Waals surface area contributed by atoms with Gasteiger partial charge in [-0.25, -0.2) is 0 Å². The van der Waals surface area contributed by atoms with Gasteiger partial charge >= 0.3 is 5.97 Å². The molecule has 0 aromatic carbocycles. The van der Waals surface area contributed by atoms with Gasteiger partial charge in [-0.2, -0.15) is 0 Å². The van der Waals surface area contributed by atoms with Crippen LogP contribution >= 0.6 is 0 Å². The van der Waals surface area contributed by atoms with E-state index in [-0.39, 0.29) is 56.9 Å². The molecular formula is C32H48O5. The number of esters is 1. The average Bonchev–Trinajstić information content (AvgIpc) is 2.82. The monoisotopic (exact) mass is 512 g/mol. The summed E-state index contributed by atoms with van der Waals surface area (Å²) in [5, 5.41) is 0. The molecule has 5 aliphatic rings. The van der Waals surface area contributed by atoms with Gasteiger partial charge in [0.15, 0.2) is 11.6 Å². The maximum Gasteiger partial charge on any atom is 0.312 e. The van der Waals surface area contributed by atoms with Crippen LogP contribution in [0.5, 0.6) is 0 Å². The van der Waals surface area contributed by atoms with E-state index >= 15 is 0 Å². The molecule has 0 N–H and O–H groups in total. The standard InChI is InChI=1S/C32H48O5/c1-27(2)12-14-32(26(35)37-9)15-13-31(7)24(19(32)17-27)20(33)16-23-29(5)18-21(36-8)25(34)28(3,4)22(29)10-11-30(23,31)6/h16,19,21-22,24H,10-15,17-18H2,1-9H3/t19-,21?,22-,24-,29-,30+,31+,32-/m0/s1. The first-order chi connectivity index (χ1) is 17.0. The molecule has 37 heavy (non-hydrogen) atoms. The van der Waals surface area contributed by atoms with Crippen LogP contribution in [0.25, 0.3) is 0 Å². The van der Waals surface area contributed by atoms with E-state index in [1.165, 1.54) is 12.7 Å². The van der Waals surface area contributed by atoms with Gasteiger partial charge in [-0.15, -0.1) is 0 Å². The first-order valence-electron chi connectivity index (χ1n) is 14.5. The quantitative estimate of drug-likeness (QED) is 0.404. The first kappa shape index (κ1) is 27.1. The van der Waals surface area contributed by atoms with Crippen LogP contribution in [0.4, 0.5) is 0 Å². The van der Waals surface area contributed by atoms with Crippen molar-refractivity contribution >= 4 is 17.5 Å². The molecule has 8 atom stereocenters. The number of rotatable bonds is 2. The summed E-state index contributed by atoms with van der Waals surface area (Å²) in [6.45, 7) is 15.8. The fraction of sp³-hybridized carbons (Fsp3) is 0.844. The fourth-order valence-corrected chi connectivity index (χ4v) is 10.7. The van der Waals surface area contributed by atoms with E-state index < -0.39 is 16.9 Å². The Kier molecular flexibility index (Phi) is 5.87. The van der Waals surface area contributed by atoms with Gasteiger partial charge in [0, 0.05) is 18.4 Å². The third-order valence-electron chi connectivity index (χ3n) is 13.0. The maximum absolute atomic E-state index is 14.4. The SMILES string of the molecule is COC(=O)[C@]12CCC(C)(C)C[C@H]1[C@H]1C(=O)C=C3[C@@]4(C)CC(OC)C(=O)C(C)(C)[C@@H]4CC[C@@]3(C)[C@]1(C)CC2. The van der Waals surface area contributed by atoms with E-state index in [0.717, 1.165) is 44.9 Å². The van der Waals surface area contributed by atoms with Crippen LogP contribution in [-0.2, 0) is 23.9 Å². The van der Waals surface area contributed by atoms with Crippen molar-refractivity contribution in [3.63, 3.8) is 0 Å². The summed E-state index contributed by atoms with van der Waals surface area (Å²) in [5.74, 6) is 0.247. The molecule has 0 heterocycles. The molecule has 5 rings (SSSR count). The summed E-state index contributed by atoms with van der Waals surface area (Å²) in [6.07, 6.45) is 8.41. The summed E-state index contributed by atoms with van der Waals surface area (Å²) >= 11 is 0. The number of fused-ring (bicyclic) bond motifs is 7. The third kappa shape index (κ3) is 3.28. The molecule has 4 saturated carbocycles. The second-order valence-electron chi connectivity index (χ2n) is 15.3. The average molecular weight is 513 g/mol. The van der Waals surface area contributed by atoms with Crippen LogP contribution < -0.4 is 0 Å². The van der Waals surface area contributed by atoms with Gasteiger partial charge < -0.3 is 9.47 Å². The van der Waals surface area contributed by atoms with Gasteiger partial charge in [0.1, 0.15) is 6.10 Å². The zero-order chi connectivity index (χ0) is 27.4. The lowest BCUT2D eigenvalue weighted by Crippen LogP contribution is -2.67. The van der Waals surface area contributed by atoms with Gasteiger partial charge in [0.2, 0.25) is 0 Å². The van der Waals surface area contributed by atoms with E-state index in [2.05, 4.69) is 48.5 Å². The van der Waals surface area contributed by atoms with Crippen molar-refractivity contribution in [3.05, 3.63) is 11.6 Å². The Morgan fingerprint density at radius 3 is 2.16 bits per heavy atom. The highest BCUT2D eigenvalue weighted by atomic mass is 16.5. The van der Waals surface area contributed by atoms with Crippen LogP contribution in [0.3, 0.4) is 0 Å². The minimum Gasteiger partial charge on any atom is -0.469 e. The molecule has 5 heteroatoms. The first-order valence-corrected chi connectivity index (χ1v) is 14.5. The molecule has 0 spiro atoms. The van der Waals surface area contributed by atoms with Gasteiger partial charge in [0.25, 0.3) is 0 Å². The molecular weight excluding hydrogens is 464 g/mol. The molecule has 0 saturated heterocycles. The number of hydrogen-bond acceptors (Lipinski definition) is 5. The lowest BCUT2D eigenvalue weighted by Gasteiger charge is -2.69. The van der Waals surface area contributed by atoms with Crippen molar-refractivity contribution < 1.29 is 23.9 Å². The smallest absolute Gasteiger partial charge is 0.312 e. The summed E-state index contributed by atoms with van der Waals surface area (Å²) in [5.41, 5.74) is -0.430. The fourth-order valence-electron chi connectivity index (χ4n) is 10.7. The third-order valence-corrected chi connectivity index (χ3v) is 13.0. The minimum atomic E-state index is -0.562. The zero-order valence-corrected chi connectivity index (χ0v) is 24.6. The summed E-state index contributed by atoms with van der Waals surface area (Å²) in [4.78, 5) is 41.2. The molecule has 0 amide bonds. The lowest BCUT2D eigenvalue weighted by molar-refractivity contribution is -0.194. The van der Waals surface area contributed by atoms with Crippen molar-refractivity contribution in [2.45, 2.75) is 106 Å². The van der Waals surface area contributed by atoms with E-state index in [4.69, 9.17) is 9.47 Å². The number of allylic oxidation sites excluding steroid dienone is 2. The van der Waals surface area contributed by atoms with Crippen LogP contribution in [0.2, 0.25) is 0 Å². The number of methoxy groups -OCH3 is 2. The Morgan fingerprint density at radius 1 is 0.892 bits per heavy atom. The summed E-state index contributed by atoms with van der Waals surface area (Å²) in [6, 6.07) is 0. The molecule has 0 aliphatic heterocycles. The Morgan fingerprint density at radius 2 is 1.54 bits per heavy atom. The minimum absolute atomic E-state index is 0.00815. The Bertz CT molecular complexity index is 1070. The summed E-state index contributed by atoms with van der Waals surface area (Å²) < 4.78 is 11.2. The topological polar surface area (TPSA) is 69.7 Å². The molecule has 0 aromatic heterocycles. The van der Waals surface area contributed by atoms with Crippen molar-refractivity contribution in [2.24, 2.45) is 50.2 Å². The molecule has 0 bridgehead atoms. The largest absolute Gasteiger partial charge is 0.469 e. The van der Waals surface area contributed by atoms with E-state index in [9.17, 15) is 14.4 Å². The number of carbonyl (C=O) groups is 3. The van der Waals surface area contributed by atoms with Crippen LogP contribution in [0.15, 0.2) is 11.6 Å². The van der Waals surface area contributed by atoms with Crippen molar-refractivity contribution in [1.29, 1.82) is 0 Å². The molecule has 206 valence electrons. The van der Waals surface area contributed by atoms with E-state index in [1.54, 1.807) is 7.11 Å². The van der Waals surface area contributed by atoms with Gasteiger partial charge in [0.05, 0.1) is 12.5 Å². The number of ether oxygens (including phenoxy) is 2. The normalized spacial score (nSPS) is 48.1. The maximum atomic E-state index is 14.4. The van der Waals surface area contributed by atoms with Crippen molar-refractivity contribution in [3.8, 4) is 0 Å². The molecule has 1 unspecified atom stereocenters. The second kappa shape index (κ2) is 8.02. The van der Waals surface area contributed by atoms with Gasteiger partial charge in [-0.3, -0.25) is 14.4 Å². The Balaban J connectivity index is 1.66. The van der Waals surface area contributed by atoms with E-state index in [1.807, 2.05) is 6.08 Å². The number of hydrogen-bond donors (Lipinski definition) is 0. The van der Waals surface area contributed by atoms with Gasteiger partial charge in [-0.1, -0.05) is 54.0 Å². The number of ketones is 2. The Hall–Kier alpha value is -1.49. The zero-order valence-electron chi connectivity index (χ0n) is 24.6.